The van der Waals surface area contributed by atoms with Crippen LogP contribution in [0.2, 0.25) is 0 Å². The predicted octanol–water partition coefficient (Wildman–Crippen LogP) is -0.398. The van der Waals surface area contributed by atoms with Crippen LogP contribution in [0, 0.1) is 10.2 Å². The van der Waals surface area contributed by atoms with E-state index in [1.807, 2.05) is 55.6 Å². The lowest BCUT2D eigenvalue weighted by molar-refractivity contribution is -2.00. The highest BCUT2D eigenvalue weighted by Crippen LogP contribution is 2.29. The average Bonchev–Trinajstić information content (AvgIpc) is 2.89. The van der Waals surface area contributed by atoms with Crippen molar-refractivity contribution >= 4 is 31.9 Å². The third kappa shape index (κ3) is 6.15. The van der Waals surface area contributed by atoms with Crippen LogP contribution in [0.5, 0.6) is 0 Å². The fourth-order valence-corrected chi connectivity index (χ4v) is 2.59. The standard InChI is InChI=1S/C15H11Br2N2O.ClHO4/c1-19-15(11-4-8-13(17)9-5-11)14(18-20-19)10-2-6-12(16)7-3-10;2-1(3,4)5/h2-9H,1H3;(H,2,3,4,5)/q+1;/p-1. The van der Waals surface area contributed by atoms with Crippen LogP contribution in [-0.4, -0.2) is 5.16 Å². The molecule has 0 saturated heterocycles. The van der Waals surface area contributed by atoms with E-state index < -0.39 is 10.2 Å². The minimum absolute atomic E-state index is 0.835. The molecule has 0 aliphatic rings. The van der Waals surface area contributed by atoms with Gasteiger partial charge in [0, 0.05) is 20.1 Å². The highest BCUT2D eigenvalue weighted by atomic mass is 79.9. The first-order valence-corrected chi connectivity index (χ1v) is 9.47. The Balaban J connectivity index is 0.000000399. The lowest BCUT2D eigenvalue weighted by Crippen LogP contribution is -2.68. The molecule has 2 aromatic carbocycles. The van der Waals surface area contributed by atoms with Crippen molar-refractivity contribution < 1.29 is 38.2 Å². The van der Waals surface area contributed by atoms with Gasteiger partial charge in [-0.05, 0) is 48.5 Å². The van der Waals surface area contributed by atoms with E-state index >= 15 is 0 Å². The van der Waals surface area contributed by atoms with E-state index in [2.05, 4.69) is 37.0 Å². The monoisotopic (exact) mass is 492 g/mol. The molecule has 0 N–H and O–H groups in total. The molecule has 25 heavy (non-hydrogen) atoms. The van der Waals surface area contributed by atoms with Gasteiger partial charge in [0.05, 0.1) is 0 Å². The maximum atomic E-state index is 8.49. The van der Waals surface area contributed by atoms with E-state index in [1.54, 1.807) is 4.74 Å². The molecule has 0 fully saturated rings. The van der Waals surface area contributed by atoms with Crippen molar-refractivity contribution in [2.75, 3.05) is 0 Å². The van der Waals surface area contributed by atoms with Gasteiger partial charge in [0.1, 0.15) is 7.05 Å². The van der Waals surface area contributed by atoms with Crippen LogP contribution in [0.4, 0.5) is 0 Å². The molecule has 0 spiro atoms. The Bertz CT molecular complexity index is 827. The molecule has 3 aromatic rings. The molecule has 10 heteroatoms. The van der Waals surface area contributed by atoms with Crippen LogP contribution >= 0.6 is 31.9 Å². The van der Waals surface area contributed by atoms with E-state index in [-0.39, 0.29) is 0 Å². The average molecular weight is 495 g/mol. The van der Waals surface area contributed by atoms with Gasteiger partial charge in [0.15, 0.2) is 5.16 Å². The second kappa shape index (κ2) is 8.37. The molecule has 1 heterocycles. The Morgan fingerprint density at radius 2 is 1.24 bits per heavy atom. The van der Waals surface area contributed by atoms with Gasteiger partial charge in [-0.1, -0.05) is 41.2 Å². The predicted molar refractivity (Wildman–Crippen MR) is 84.0 cm³/mol. The lowest BCUT2D eigenvalue weighted by atomic mass is 10.1. The molecule has 7 nitrogen and oxygen atoms in total. The Morgan fingerprint density at radius 3 is 1.68 bits per heavy atom. The number of nitrogens with zero attached hydrogens (tertiary/aromatic N) is 2. The number of hydrogen-bond acceptors (Lipinski definition) is 6. The summed E-state index contributed by atoms with van der Waals surface area (Å²) in [6.07, 6.45) is 0. The van der Waals surface area contributed by atoms with Crippen molar-refractivity contribution in [3.63, 3.8) is 0 Å². The summed E-state index contributed by atoms with van der Waals surface area (Å²) < 4.78 is 43.0. The molecule has 0 aliphatic carbocycles. The molecule has 132 valence electrons. The van der Waals surface area contributed by atoms with Gasteiger partial charge in [0.25, 0.3) is 5.69 Å². The number of halogens is 3. The number of rotatable bonds is 2. The van der Waals surface area contributed by atoms with Gasteiger partial charge in [-0.3, -0.25) is 0 Å². The van der Waals surface area contributed by atoms with Crippen LogP contribution in [0.3, 0.4) is 0 Å². The van der Waals surface area contributed by atoms with Crippen LogP contribution < -0.4 is 23.4 Å². The largest absolute Gasteiger partial charge is 0.281 e. The summed E-state index contributed by atoms with van der Waals surface area (Å²) in [6.45, 7) is 0. The van der Waals surface area contributed by atoms with Gasteiger partial charge in [-0.25, -0.2) is 18.6 Å². The SMILES string of the molecule is C[n+]1onc(-c2ccc(Br)cc2)c1-c1ccc(Br)cc1.[O-][Cl+3]([O-])([O-])[O-]. The molecular weight excluding hydrogens is 483 g/mol. The maximum Gasteiger partial charge on any atom is 0.281 e. The topological polar surface area (TPSA) is 122 Å². The van der Waals surface area contributed by atoms with Crippen molar-refractivity contribution in [1.29, 1.82) is 0 Å². The first kappa shape index (κ1) is 20.0. The minimum Gasteiger partial charge on any atom is -0.222 e. The van der Waals surface area contributed by atoms with Crippen molar-refractivity contribution in [3.05, 3.63) is 57.5 Å². The zero-order valence-corrected chi connectivity index (χ0v) is 16.6. The van der Waals surface area contributed by atoms with Gasteiger partial charge >= 0.3 is 0 Å². The van der Waals surface area contributed by atoms with Crippen molar-refractivity contribution in [3.8, 4) is 22.5 Å². The summed E-state index contributed by atoms with van der Waals surface area (Å²) in [5.74, 6) is 0. The number of benzene rings is 2. The fourth-order valence-electron chi connectivity index (χ4n) is 2.06. The van der Waals surface area contributed by atoms with Crippen molar-refractivity contribution in [1.82, 2.24) is 5.16 Å². The number of aryl methyl sites for hydroxylation is 1. The summed E-state index contributed by atoms with van der Waals surface area (Å²) in [6, 6.07) is 16.1. The van der Waals surface area contributed by atoms with E-state index in [4.69, 9.17) is 23.3 Å². The Labute approximate surface area is 162 Å². The van der Waals surface area contributed by atoms with E-state index in [1.165, 1.54) is 0 Å². The molecule has 0 saturated carbocycles. The molecule has 0 aliphatic heterocycles. The third-order valence-electron chi connectivity index (χ3n) is 3.03. The summed E-state index contributed by atoms with van der Waals surface area (Å²) >= 11 is 6.89. The summed E-state index contributed by atoms with van der Waals surface area (Å²) in [4.78, 5) is 0. The molecule has 0 unspecified atom stereocenters. The van der Waals surface area contributed by atoms with E-state index in [9.17, 15) is 0 Å². The van der Waals surface area contributed by atoms with Gasteiger partial charge in [-0.2, -0.15) is 0 Å². The highest BCUT2D eigenvalue weighted by molar-refractivity contribution is 9.10. The minimum atomic E-state index is -4.94. The molecule has 3 rings (SSSR count). The molecular formula is C15H11Br2ClN2O5. The molecule has 0 radical (unpaired) electrons. The van der Waals surface area contributed by atoms with Gasteiger partial charge < -0.3 is 0 Å². The highest BCUT2D eigenvalue weighted by Gasteiger charge is 2.25. The molecule has 0 bridgehead atoms. The number of hydrogen-bond donors (Lipinski definition) is 0. The summed E-state index contributed by atoms with van der Waals surface area (Å²) in [7, 11) is -3.09. The van der Waals surface area contributed by atoms with Gasteiger partial charge in [0.2, 0.25) is 5.69 Å². The lowest BCUT2D eigenvalue weighted by Gasteiger charge is -2.17. The third-order valence-corrected chi connectivity index (χ3v) is 4.09. The maximum absolute atomic E-state index is 8.49. The van der Waals surface area contributed by atoms with Crippen molar-refractivity contribution in [2.24, 2.45) is 7.05 Å². The second-order valence-electron chi connectivity index (χ2n) is 4.76. The normalized spacial score (nSPS) is 11.0. The smallest absolute Gasteiger partial charge is 0.222 e. The quantitative estimate of drug-likeness (QED) is 0.447. The zero-order valence-electron chi connectivity index (χ0n) is 12.7. The summed E-state index contributed by atoms with van der Waals surface area (Å²) in [5, 5.41) is 4.18. The molecule has 0 amide bonds. The number of aromatic nitrogens is 2. The van der Waals surface area contributed by atoms with E-state index in [0.29, 0.717) is 0 Å². The zero-order chi connectivity index (χ0) is 18.6. The molecule has 1 aromatic heterocycles. The summed E-state index contributed by atoms with van der Waals surface area (Å²) in [5.41, 5.74) is 3.88. The molecule has 0 atom stereocenters. The Kier molecular flexibility index (Phi) is 6.69. The van der Waals surface area contributed by atoms with Crippen LogP contribution in [0.25, 0.3) is 22.5 Å². The first-order valence-electron chi connectivity index (χ1n) is 6.65. The fraction of sp³-hybridized carbons (Fsp3) is 0.0667. The van der Waals surface area contributed by atoms with Crippen LogP contribution in [-0.2, 0) is 7.05 Å². The Morgan fingerprint density at radius 1 is 0.840 bits per heavy atom. The second-order valence-corrected chi connectivity index (χ2v) is 7.35. The van der Waals surface area contributed by atoms with Gasteiger partial charge in [-0.15, -0.1) is 10.2 Å². The van der Waals surface area contributed by atoms with Crippen LogP contribution in [0.15, 0.2) is 62.1 Å². The first-order chi connectivity index (χ1) is 11.6. The van der Waals surface area contributed by atoms with Crippen molar-refractivity contribution in [2.45, 2.75) is 0 Å². The Hall–Kier alpha value is -1.33. The van der Waals surface area contributed by atoms with E-state index in [0.717, 1.165) is 31.5 Å². The van der Waals surface area contributed by atoms with Crippen LogP contribution in [0.1, 0.15) is 0 Å².